The van der Waals surface area contributed by atoms with Gasteiger partial charge >= 0.3 is 10.3 Å². The van der Waals surface area contributed by atoms with E-state index in [-0.39, 0.29) is 11.5 Å². The molecule has 0 amide bonds. The van der Waals surface area contributed by atoms with Crippen LogP contribution in [0.2, 0.25) is 0 Å². The smallest absolute Gasteiger partial charge is 0.269 e. The van der Waals surface area contributed by atoms with Crippen LogP contribution in [0.15, 0.2) is 18.2 Å². The zero-order valence-electron chi connectivity index (χ0n) is 6.30. The minimum Gasteiger partial charge on any atom is -0.269 e. The van der Waals surface area contributed by atoms with Gasteiger partial charge in [0.25, 0.3) is 0 Å². The lowest BCUT2D eigenvalue weighted by Gasteiger charge is -1.99. The van der Waals surface area contributed by atoms with Crippen molar-refractivity contribution in [2.45, 2.75) is 0 Å². The molecule has 7 heteroatoms. The van der Waals surface area contributed by atoms with Crippen LogP contribution in [0.5, 0.6) is 0 Å². The molecule has 0 aliphatic rings. The highest BCUT2D eigenvalue weighted by atomic mass is 32.2. The third-order valence-electron chi connectivity index (χ3n) is 1.10. The molecule has 0 bridgehead atoms. The van der Waals surface area contributed by atoms with Crippen molar-refractivity contribution in [3.8, 4) is 6.07 Å². The predicted octanol–water partition coefficient (Wildman–Crippen LogP) is 0.168. The summed E-state index contributed by atoms with van der Waals surface area (Å²) in [5.41, 5.74) is 0.0636. The highest BCUT2D eigenvalue weighted by molar-refractivity contribution is 7.87. The van der Waals surface area contributed by atoms with E-state index in [1.54, 1.807) is 10.8 Å². The second-order valence-corrected chi connectivity index (χ2v) is 3.25. The highest BCUT2D eigenvalue weighted by Crippen LogP contribution is 2.04. The van der Waals surface area contributed by atoms with Crippen LogP contribution in [0.25, 0.3) is 0 Å². The number of pyridine rings is 1. The Hall–Kier alpha value is -1.65. The molecule has 1 rings (SSSR count). The Morgan fingerprint density at radius 3 is 2.77 bits per heavy atom. The van der Waals surface area contributed by atoms with Crippen molar-refractivity contribution < 1.29 is 13.0 Å². The Kier molecular flexibility index (Phi) is 2.46. The molecule has 1 aromatic heterocycles. The monoisotopic (exact) mass is 199 g/mol. The van der Waals surface area contributed by atoms with E-state index < -0.39 is 10.3 Å². The van der Waals surface area contributed by atoms with E-state index in [9.17, 15) is 8.42 Å². The van der Waals surface area contributed by atoms with E-state index in [1.807, 2.05) is 0 Å². The van der Waals surface area contributed by atoms with E-state index >= 15 is 0 Å². The van der Waals surface area contributed by atoms with Gasteiger partial charge in [-0.1, -0.05) is 6.07 Å². The number of hydrogen-bond donors (Lipinski definition) is 2. The summed E-state index contributed by atoms with van der Waals surface area (Å²) >= 11 is 0. The summed E-state index contributed by atoms with van der Waals surface area (Å²) in [7, 11) is -4.32. The average Bonchev–Trinajstić information content (AvgIpc) is 2.01. The molecule has 1 heterocycles. The summed E-state index contributed by atoms with van der Waals surface area (Å²) in [5, 5.41) is 8.41. The van der Waals surface area contributed by atoms with Gasteiger partial charge < -0.3 is 0 Å². The van der Waals surface area contributed by atoms with E-state index in [2.05, 4.69) is 4.98 Å². The van der Waals surface area contributed by atoms with Crippen LogP contribution in [0.3, 0.4) is 0 Å². The minimum absolute atomic E-state index is 0.0636. The van der Waals surface area contributed by atoms with Crippen molar-refractivity contribution in [1.82, 2.24) is 4.98 Å². The summed E-state index contributed by atoms with van der Waals surface area (Å²) in [6, 6.07) is 5.90. The van der Waals surface area contributed by atoms with E-state index in [1.165, 1.54) is 18.2 Å². The third-order valence-corrected chi connectivity index (χ3v) is 1.56. The SMILES string of the molecule is N#Cc1cccc(NS(=O)(=O)O)n1. The van der Waals surface area contributed by atoms with Gasteiger partial charge in [-0.05, 0) is 12.1 Å². The van der Waals surface area contributed by atoms with Crippen LogP contribution in [0.1, 0.15) is 5.69 Å². The van der Waals surface area contributed by atoms with Crippen molar-refractivity contribution >= 4 is 16.1 Å². The van der Waals surface area contributed by atoms with Gasteiger partial charge in [0.1, 0.15) is 17.6 Å². The quantitative estimate of drug-likeness (QED) is 0.660. The van der Waals surface area contributed by atoms with Crippen molar-refractivity contribution in [2.24, 2.45) is 0 Å². The van der Waals surface area contributed by atoms with Gasteiger partial charge in [0.15, 0.2) is 0 Å². The number of rotatable bonds is 2. The molecule has 0 fully saturated rings. The summed E-state index contributed by atoms with van der Waals surface area (Å²) < 4.78 is 30.7. The largest absolute Gasteiger partial charge is 0.358 e. The molecule has 0 aliphatic heterocycles. The van der Waals surface area contributed by atoms with Crippen molar-refractivity contribution in [3.63, 3.8) is 0 Å². The second-order valence-electron chi connectivity index (χ2n) is 2.10. The van der Waals surface area contributed by atoms with Crippen LogP contribution >= 0.6 is 0 Å². The molecule has 68 valence electrons. The number of nitrogens with one attached hydrogen (secondary N) is 1. The second kappa shape index (κ2) is 3.38. The molecule has 0 saturated heterocycles. The lowest BCUT2D eigenvalue weighted by molar-refractivity contribution is 0.489. The minimum atomic E-state index is -4.32. The lowest BCUT2D eigenvalue weighted by Crippen LogP contribution is -2.11. The molecule has 0 radical (unpaired) electrons. The van der Waals surface area contributed by atoms with E-state index in [0.29, 0.717) is 0 Å². The molecular weight excluding hydrogens is 194 g/mol. The predicted molar refractivity (Wildman–Crippen MR) is 44.1 cm³/mol. The summed E-state index contributed by atoms with van der Waals surface area (Å²) in [5.74, 6) is -0.0958. The van der Waals surface area contributed by atoms with Gasteiger partial charge in [0.05, 0.1) is 0 Å². The number of nitrogens with zero attached hydrogens (tertiary/aromatic N) is 2. The normalized spacial score (nSPS) is 10.5. The average molecular weight is 199 g/mol. The number of nitriles is 1. The van der Waals surface area contributed by atoms with Crippen LogP contribution in [0, 0.1) is 11.3 Å². The first-order valence-corrected chi connectivity index (χ1v) is 4.57. The van der Waals surface area contributed by atoms with Crippen molar-refractivity contribution in [3.05, 3.63) is 23.9 Å². The molecule has 1 aromatic rings. The van der Waals surface area contributed by atoms with E-state index in [0.717, 1.165) is 0 Å². The third kappa shape index (κ3) is 3.06. The van der Waals surface area contributed by atoms with Crippen LogP contribution in [-0.4, -0.2) is 18.0 Å². The van der Waals surface area contributed by atoms with Gasteiger partial charge in [-0.15, -0.1) is 0 Å². The molecular formula is C6H5N3O3S. The molecule has 0 spiro atoms. The Morgan fingerprint density at radius 1 is 1.54 bits per heavy atom. The first-order valence-electron chi connectivity index (χ1n) is 3.13. The molecule has 0 aromatic carbocycles. The molecule has 0 saturated carbocycles. The Morgan fingerprint density at radius 2 is 2.23 bits per heavy atom. The first-order chi connectivity index (χ1) is 6.01. The summed E-state index contributed by atoms with van der Waals surface area (Å²) in [4.78, 5) is 3.57. The fraction of sp³-hybridized carbons (Fsp3) is 0. The summed E-state index contributed by atoms with van der Waals surface area (Å²) in [6.07, 6.45) is 0. The maximum absolute atomic E-state index is 10.3. The molecule has 2 N–H and O–H groups in total. The van der Waals surface area contributed by atoms with Crippen molar-refractivity contribution in [2.75, 3.05) is 4.72 Å². The highest BCUT2D eigenvalue weighted by Gasteiger charge is 2.04. The summed E-state index contributed by atoms with van der Waals surface area (Å²) in [6.45, 7) is 0. The molecule has 0 atom stereocenters. The molecule has 13 heavy (non-hydrogen) atoms. The Labute approximate surface area is 74.7 Å². The number of anilines is 1. The van der Waals surface area contributed by atoms with Gasteiger partial charge in [-0.25, -0.2) is 9.71 Å². The van der Waals surface area contributed by atoms with Gasteiger partial charge in [0, 0.05) is 0 Å². The van der Waals surface area contributed by atoms with Gasteiger partial charge in [-0.2, -0.15) is 13.7 Å². The zero-order chi connectivity index (χ0) is 9.90. The molecule has 0 unspecified atom stereocenters. The first kappa shape index (κ1) is 9.44. The molecule has 0 aliphatic carbocycles. The maximum atomic E-state index is 10.3. The molecule has 6 nitrogen and oxygen atoms in total. The van der Waals surface area contributed by atoms with E-state index in [4.69, 9.17) is 9.81 Å². The zero-order valence-corrected chi connectivity index (χ0v) is 7.11. The topological polar surface area (TPSA) is 103 Å². The lowest BCUT2D eigenvalue weighted by atomic mass is 10.4. The number of aromatic nitrogens is 1. The van der Waals surface area contributed by atoms with Crippen LogP contribution in [0.4, 0.5) is 5.82 Å². The fourth-order valence-electron chi connectivity index (χ4n) is 0.686. The van der Waals surface area contributed by atoms with Gasteiger partial charge in [-0.3, -0.25) is 4.55 Å². The fourth-order valence-corrected chi connectivity index (χ4v) is 1.06. The maximum Gasteiger partial charge on any atom is 0.358 e. The van der Waals surface area contributed by atoms with Crippen LogP contribution < -0.4 is 4.72 Å². The Bertz CT molecular complexity index is 448. The van der Waals surface area contributed by atoms with Crippen LogP contribution in [-0.2, 0) is 10.3 Å². The van der Waals surface area contributed by atoms with Gasteiger partial charge in [0.2, 0.25) is 0 Å². The standard InChI is InChI=1S/C6H5N3O3S/c7-4-5-2-1-3-6(8-5)9-13(10,11)12/h1-3H,(H,8,9)(H,10,11,12). The number of hydrogen-bond acceptors (Lipinski definition) is 4. The van der Waals surface area contributed by atoms with Crippen molar-refractivity contribution in [1.29, 1.82) is 5.26 Å². The Balaban J connectivity index is 2.99.